The van der Waals surface area contributed by atoms with Crippen LogP contribution in [-0.2, 0) is 26.2 Å². The molecule has 2 rings (SSSR count). The number of benzene rings is 2. The van der Waals surface area contributed by atoms with Crippen LogP contribution in [0.2, 0.25) is 0 Å². The van der Waals surface area contributed by atoms with Crippen molar-refractivity contribution in [3.8, 4) is 11.5 Å². The van der Waals surface area contributed by atoms with Crippen molar-refractivity contribution in [1.29, 1.82) is 0 Å². The van der Waals surface area contributed by atoms with Gasteiger partial charge in [0.2, 0.25) is 0 Å². The van der Waals surface area contributed by atoms with E-state index >= 15 is 0 Å². The molecule has 2 aromatic carbocycles. The van der Waals surface area contributed by atoms with Crippen LogP contribution in [0, 0.1) is 0 Å². The third-order valence-corrected chi connectivity index (χ3v) is 4.66. The Morgan fingerprint density at radius 3 is 2.00 bits per heavy atom. The lowest BCUT2D eigenvalue weighted by Crippen LogP contribution is -2.34. The van der Waals surface area contributed by atoms with Crippen LogP contribution in [0.3, 0.4) is 0 Å². The fraction of sp³-hybridized carbons (Fsp3) is 0.375. The quantitative estimate of drug-likeness (QED) is 0.649. The summed E-state index contributed by atoms with van der Waals surface area (Å²) in [5, 5.41) is 2.23. The number of hydrogen-bond acceptors (Lipinski definition) is 6. The third kappa shape index (κ3) is 7.44. The largest absolute Gasteiger partial charge is 0.497 e. The van der Waals surface area contributed by atoms with Crippen LogP contribution >= 0.6 is 0 Å². The number of imide groups is 1. The molecule has 0 spiro atoms. The van der Waals surface area contributed by atoms with Crippen LogP contribution in [0.4, 0.5) is 0 Å². The second-order valence-corrected chi connectivity index (χ2v) is 8.09. The molecule has 31 heavy (non-hydrogen) atoms. The molecule has 7 nitrogen and oxygen atoms in total. The maximum absolute atomic E-state index is 12.2. The van der Waals surface area contributed by atoms with Gasteiger partial charge in [0.05, 0.1) is 14.2 Å². The Labute approximate surface area is 182 Å². The summed E-state index contributed by atoms with van der Waals surface area (Å²) in [5.74, 6) is -0.516. The number of methoxy groups -OCH3 is 2. The van der Waals surface area contributed by atoms with E-state index < -0.39 is 24.4 Å². The van der Waals surface area contributed by atoms with Gasteiger partial charge in [0.15, 0.2) is 6.61 Å². The molecule has 0 aliphatic carbocycles. The zero-order valence-corrected chi connectivity index (χ0v) is 18.6. The van der Waals surface area contributed by atoms with Gasteiger partial charge >= 0.3 is 5.97 Å². The van der Waals surface area contributed by atoms with Gasteiger partial charge in [-0.3, -0.25) is 19.7 Å². The topological polar surface area (TPSA) is 90.9 Å². The van der Waals surface area contributed by atoms with Gasteiger partial charge in [-0.2, -0.15) is 0 Å². The summed E-state index contributed by atoms with van der Waals surface area (Å²) in [5.41, 5.74) is 2.25. The summed E-state index contributed by atoms with van der Waals surface area (Å²) in [7, 11) is 3.09. The first-order valence-electron chi connectivity index (χ1n) is 9.94. The predicted molar refractivity (Wildman–Crippen MR) is 116 cm³/mol. The molecular formula is C24H29NO6. The van der Waals surface area contributed by atoms with Gasteiger partial charge in [-0.05, 0) is 47.2 Å². The summed E-state index contributed by atoms with van der Waals surface area (Å²) in [6.45, 7) is 5.70. The lowest BCUT2D eigenvalue weighted by atomic mass is 9.87. The first-order chi connectivity index (χ1) is 14.6. The predicted octanol–water partition coefficient (Wildman–Crippen LogP) is 3.43. The highest BCUT2D eigenvalue weighted by Crippen LogP contribution is 2.23. The van der Waals surface area contributed by atoms with Crippen molar-refractivity contribution in [2.45, 2.75) is 39.0 Å². The molecule has 0 bridgehead atoms. The molecular weight excluding hydrogens is 398 g/mol. The maximum Gasteiger partial charge on any atom is 0.306 e. The summed E-state index contributed by atoms with van der Waals surface area (Å²) in [4.78, 5) is 36.1. The highest BCUT2D eigenvalue weighted by atomic mass is 16.5. The molecule has 2 aromatic rings. The highest BCUT2D eigenvalue weighted by Gasteiger charge is 2.16. The summed E-state index contributed by atoms with van der Waals surface area (Å²) in [6, 6.07) is 12.4. The van der Waals surface area contributed by atoms with Gasteiger partial charge in [-0.1, -0.05) is 32.9 Å². The lowest BCUT2D eigenvalue weighted by molar-refractivity contribution is -0.148. The van der Waals surface area contributed by atoms with Crippen LogP contribution in [0.25, 0.3) is 0 Å². The van der Waals surface area contributed by atoms with Gasteiger partial charge in [-0.25, -0.2) is 0 Å². The lowest BCUT2D eigenvalue weighted by Gasteiger charge is -2.19. The Bertz CT molecular complexity index is 906. The second-order valence-electron chi connectivity index (χ2n) is 8.09. The van der Waals surface area contributed by atoms with E-state index in [-0.39, 0.29) is 11.8 Å². The molecule has 0 saturated carbocycles. The average Bonchev–Trinajstić information content (AvgIpc) is 2.75. The molecule has 7 heteroatoms. The minimum Gasteiger partial charge on any atom is -0.497 e. The van der Waals surface area contributed by atoms with Crippen molar-refractivity contribution in [3.05, 3.63) is 59.2 Å². The molecule has 0 atom stereocenters. The SMILES string of the molecule is COc1cc(CCC(=O)OCC(=O)NC(=O)c2ccc(C(C)(C)C)cc2)cc(OC)c1. The van der Waals surface area contributed by atoms with Crippen molar-refractivity contribution < 1.29 is 28.6 Å². The van der Waals surface area contributed by atoms with Gasteiger partial charge in [0, 0.05) is 18.1 Å². The van der Waals surface area contributed by atoms with Crippen molar-refractivity contribution in [2.24, 2.45) is 0 Å². The number of hydrogen-bond donors (Lipinski definition) is 1. The summed E-state index contributed by atoms with van der Waals surface area (Å²) in [6.07, 6.45) is 0.471. The number of rotatable bonds is 8. The van der Waals surface area contributed by atoms with Gasteiger partial charge in [-0.15, -0.1) is 0 Å². The fourth-order valence-electron chi connectivity index (χ4n) is 2.83. The van der Waals surface area contributed by atoms with Crippen LogP contribution in [0.15, 0.2) is 42.5 Å². The number of amides is 2. The van der Waals surface area contributed by atoms with Gasteiger partial charge in [0.1, 0.15) is 11.5 Å². The summed E-state index contributed by atoms with van der Waals surface area (Å²) < 4.78 is 15.4. The van der Waals surface area contributed by atoms with E-state index in [2.05, 4.69) is 26.1 Å². The number of carbonyl (C=O) groups excluding carboxylic acids is 3. The molecule has 0 unspecified atom stereocenters. The van der Waals surface area contributed by atoms with E-state index in [1.165, 1.54) is 0 Å². The van der Waals surface area contributed by atoms with Gasteiger partial charge < -0.3 is 14.2 Å². The molecule has 166 valence electrons. The van der Waals surface area contributed by atoms with E-state index in [4.69, 9.17) is 14.2 Å². The molecule has 0 aliphatic heterocycles. The van der Waals surface area contributed by atoms with Crippen molar-refractivity contribution in [1.82, 2.24) is 5.32 Å². The van der Waals surface area contributed by atoms with E-state index in [0.717, 1.165) is 11.1 Å². The Morgan fingerprint density at radius 1 is 0.903 bits per heavy atom. The van der Waals surface area contributed by atoms with Crippen LogP contribution < -0.4 is 14.8 Å². The smallest absolute Gasteiger partial charge is 0.306 e. The Morgan fingerprint density at radius 2 is 1.48 bits per heavy atom. The minimum absolute atomic E-state index is 0.0327. The van der Waals surface area contributed by atoms with Gasteiger partial charge in [0.25, 0.3) is 11.8 Å². The monoisotopic (exact) mass is 427 g/mol. The third-order valence-electron chi connectivity index (χ3n) is 4.66. The Hall–Kier alpha value is -3.35. The van der Waals surface area contributed by atoms with Crippen LogP contribution in [0.5, 0.6) is 11.5 Å². The molecule has 2 amide bonds. The number of esters is 1. The number of nitrogens with one attached hydrogen (secondary N) is 1. The van der Waals surface area contributed by atoms with E-state index in [1.54, 1.807) is 44.6 Å². The normalized spacial score (nSPS) is 10.9. The molecule has 0 fully saturated rings. The number of carbonyl (C=O) groups is 3. The number of ether oxygens (including phenoxy) is 3. The molecule has 0 heterocycles. The first kappa shape index (κ1) is 23.9. The van der Waals surface area contributed by atoms with Crippen LogP contribution in [-0.4, -0.2) is 38.6 Å². The van der Waals surface area contributed by atoms with Crippen molar-refractivity contribution in [3.63, 3.8) is 0 Å². The van der Waals surface area contributed by atoms with Crippen molar-refractivity contribution in [2.75, 3.05) is 20.8 Å². The molecule has 0 aliphatic rings. The van der Waals surface area contributed by atoms with E-state index in [9.17, 15) is 14.4 Å². The van der Waals surface area contributed by atoms with E-state index in [0.29, 0.717) is 23.5 Å². The average molecular weight is 427 g/mol. The number of aryl methyl sites for hydroxylation is 1. The zero-order valence-electron chi connectivity index (χ0n) is 18.6. The zero-order chi connectivity index (χ0) is 23.0. The van der Waals surface area contributed by atoms with Crippen LogP contribution in [0.1, 0.15) is 48.7 Å². The first-order valence-corrected chi connectivity index (χ1v) is 9.94. The minimum atomic E-state index is -0.679. The van der Waals surface area contributed by atoms with E-state index in [1.807, 2.05) is 12.1 Å². The maximum atomic E-state index is 12.2. The molecule has 0 saturated heterocycles. The fourth-order valence-corrected chi connectivity index (χ4v) is 2.83. The second kappa shape index (κ2) is 10.6. The molecule has 1 N–H and O–H groups in total. The standard InChI is InChI=1S/C24H29NO6/c1-24(2,3)18-9-7-17(8-10-18)23(28)25-21(26)15-31-22(27)11-6-16-12-19(29-4)14-20(13-16)30-5/h7-10,12-14H,6,11,15H2,1-5H3,(H,25,26,28). The molecule has 0 aromatic heterocycles. The Balaban J connectivity index is 1.80. The molecule has 0 radical (unpaired) electrons. The highest BCUT2D eigenvalue weighted by molar-refractivity contribution is 6.05. The van der Waals surface area contributed by atoms with Crippen molar-refractivity contribution >= 4 is 17.8 Å². The Kier molecular flexibility index (Phi) is 8.19. The summed E-state index contributed by atoms with van der Waals surface area (Å²) >= 11 is 0.